The first-order valence-electron chi connectivity index (χ1n) is 5.71. The molecule has 0 aliphatic carbocycles. The van der Waals surface area contributed by atoms with Gasteiger partial charge < -0.3 is 9.64 Å². The number of hydrogen-bond acceptors (Lipinski definition) is 2. The second kappa shape index (κ2) is 5.12. The molecular weight excluding hydrogens is 200 g/mol. The quantitative estimate of drug-likeness (QED) is 0.607. The third-order valence-corrected chi connectivity index (χ3v) is 2.88. The molecule has 16 heavy (non-hydrogen) atoms. The monoisotopic (exact) mass is 218 g/mol. The standard InChI is InChI=1S/C13H18N2O/c1-11-2-4-12(5-3-11)10-13(14)15-6-8-16-9-7-15/h2-5,14H,6-10H2,1H3. The summed E-state index contributed by atoms with van der Waals surface area (Å²) in [4.78, 5) is 2.10. The van der Waals surface area contributed by atoms with E-state index in [2.05, 4.69) is 36.1 Å². The molecule has 1 N–H and O–H groups in total. The number of nitrogens with one attached hydrogen (secondary N) is 1. The van der Waals surface area contributed by atoms with E-state index < -0.39 is 0 Å². The van der Waals surface area contributed by atoms with Crippen molar-refractivity contribution in [3.05, 3.63) is 35.4 Å². The largest absolute Gasteiger partial charge is 0.378 e. The second-order valence-electron chi connectivity index (χ2n) is 4.21. The van der Waals surface area contributed by atoms with Crippen molar-refractivity contribution in [2.75, 3.05) is 26.3 Å². The Labute approximate surface area is 96.5 Å². The van der Waals surface area contributed by atoms with E-state index in [1.54, 1.807) is 0 Å². The van der Waals surface area contributed by atoms with Crippen LogP contribution in [-0.2, 0) is 11.2 Å². The fourth-order valence-electron chi connectivity index (χ4n) is 1.84. The van der Waals surface area contributed by atoms with Crippen molar-refractivity contribution in [2.45, 2.75) is 13.3 Å². The minimum absolute atomic E-state index is 0.701. The zero-order valence-electron chi connectivity index (χ0n) is 9.70. The molecule has 1 aromatic carbocycles. The fraction of sp³-hybridized carbons (Fsp3) is 0.462. The van der Waals surface area contributed by atoms with Gasteiger partial charge in [-0.15, -0.1) is 0 Å². The molecule has 0 unspecified atom stereocenters. The minimum atomic E-state index is 0.701. The number of aryl methyl sites for hydroxylation is 1. The van der Waals surface area contributed by atoms with Gasteiger partial charge in [-0.1, -0.05) is 29.8 Å². The van der Waals surface area contributed by atoms with Crippen LogP contribution in [0.3, 0.4) is 0 Å². The SMILES string of the molecule is Cc1ccc(CC(=N)N2CCOCC2)cc1. The number of benzene rings is 1. The predicted molar refractivity (Wildman–Crippen MR) is 65.0 cm³/mol. The molecule has 1 saturated heterocycles. The summed E-state index contributed by atoms with van der Waals surface area (Å²) in [5, 5.41) is 8.04. The first kappa shape index (κ1) is 11.1. The lowest BCUT2D eigenvalue weighted by Gasteiger charge is -2.29. The first-order valence-corrected chi connectivity index (χ1v) is 5.71. The average Bonchev–Trinajstić information content (AvgIpc) is 2.33. The molecule has 0 atom stereocenters. The Hall–Kier alpha value is -1.35. The summed E-state index contributed by atoms with van der Waals surface area (Å²) in [6, 6.07) is 8.40. The Morgan fingerprint density at radius 1 is 1.25 bits per heavy atom. The van der Waals surface area contributed by atoms with Crippen molar-refractivity contribution in [3.8, 4) is 0 Å². The van der Waals surface area contributed by atoms with Gasteiger partial charge in [0, 0.05) is 19.5 Å². The van der Waals surface area contributed by atoms with Crippen molar-refractivity contribution >= 4 is 5.84 Å². The highest BCUT2D eigenvalue weighted by atomic mass is 16.5. The van der Waals surface area contributed by atoms with Crippen molar-refractivity contribution in [1.29, 1.82) is 5.41 Å². The number of amidine groups is 1. The molecule has 2 rings (SSSR count). The first-order chi connectivity index (χ1) is 7.75. The number of ether oxygens (including phenoxy) is 1. The average molecular weight is 218 g/mol. The van der Waals surface area contributed by atoms with Crippen molar-refractivity contribution in [1.82, 2.24) is 4.90 Å². The van der Waals surface area contributed by atoms with Crippen LogP contribution in [0.5, 0.6) is 0 Å². The lowest BCUT2D eigenvalue weighted by atomic mass is 10.1. The van der Waals surface area contributed by atoms with E-state index in [1.165, 1.54) is 11.1 Å². The Bertz CT molecular complexity index is 353. The van der Waals surface area contributed by atoms with Gasteiger partial charge >= 0.3 is 0 Å². The van der Waals surface area contributed by atoms with Crippen LogP contribution < -0.4 is 0 Å². The van der Waals surface area contributed by atoms with Crippen LogP contribution in [0, 0.1) is 12.3 Å². The molecule has 1 aliphatic rings. The molecule has 86 valence electrons. The highest BCUT2D eigenvalue weighted by Crippen LogP contribution is 2.07. The topological polar surface area (TPSA) is 36.3 Å². The Kier molecular flexibility index (Phi) is 3.57. The predicted octanol–water partition coefficient (Wildman–Crippen LogP) is 1.85. The summed E-state index contributed by atoms with van der Waals surface area (Å²) in [7, 11) is 0. The van der Waals surface area contributed by atoms with Crippen LogP contribution in [0.15, 0.2) is 24.3 Å². The minimum Gasteiger partial charge on any atom is -0.378 e. The molecule has 1 fully saturated rings. The maximum atomic E-state index is 8.04. The Morgan fingerprint density at radius 3 is 2.50 bits per heavy atom. The van der Waals surface area contributed by atoms with Crippen LogP contribution in [0.25, 0.3) is 0 Å². The lowest BCUT2D eigenvalue weighted by Crippen LogP contribution is -2.41. The summed E-state index contributed by atoms with van der Waals surface area (Å²) in [6.45, 7) is 5.28. The molecule has 1 heterocycles. The Morgan fingerprint density at radius 2 is 1.88 bits per heavy atom. The van der Waals surface area contributed by atoms with Crippen LogP contribution in [0.4, 0.5) is 0 Å². The molecule has 1 aliphatic heterocycles. The fourth-order valence-corrected chi connectivity index (χ4v) is 1.84. The van der Waals surface area contributed by atoms with Gasteiger partial charge in [-0.3, -0.25) is 5.41 Å². The zero-order chi connectivity index (χ0) is 11.4. The van der Waals surface area contributed by atoms with E-state index in [-0.39, 0.29) is 0 Å². The van der Waals surface area contributed by atoms with Gasteiger partial charge in [0.1, 0.15) is 5.84 Å². The van der Waals surface area contributed by atoms with Crippen molar-refractivity contribution < 1.29 is 4.74 Å². The van der Waals surface area contributed by atoms with E-state index >= 15 is 0 Å². The van der Waals surface area contributed by atoms with Gasteiger partial charge in [0.05, 0.1) is 13.2 Å². The third-order valence-electron chi connectivity index (χ3n) is 2.88. The second-order valence-corrected chi connectivity index (χ2v) is 4.21. The molecule has 0 amide bonds. The number of hydrogen-bond donors (Lipinski definition) is 1. The van der Waals surface area contributed by atoms with Gasteiger partial charge in [0.25, 0.3) is 0 Å². The number of nitrogens with zero attached hydrogens (tertiary/aromatic N) is 1. The summed E-state index contributed by atoms with van der Waals surface area (Å²) < 4.78 is 5.28. The van der Waals surface area contributed by atoms with Crippen LogP contribution in [-0.4, -0.2) is 37.0 Å². The highest BCUT2D eigenvalue weighted by molar-refractivity contribution is 5.81. The van der Waals surface area contributed by atoms with Crippen molar-refractivity contribution in [2.24, 2.45) is 0 Å². The summed E-state index contributed by atoms with van der Waals surface area (Å²) in [5.41, 5.74) is 2.48. The number of rotatable bonds is 2. The van der Waals surface area contributed by atoms with Gasteiger partial charge in [-0.25, -0.2) is 0 Å². The zero-order valence-corrected chi connectivity index (χ0v) is 9.70. The van der Waals surface area contributed by atoms with Gasteiger partial charge in [0.2, 0.25) is 0 Å². The van der Waals surface area contributed by atoms with Crippen molar-refractivity contribution in [3.63, 3.8) is 0 Å². The molecule has 0 saturated carbocycles. The molecule has 0 bridgehead atoms. The van der Waals surface area contributed by atoms with E-state index in [1.807, 2.05) is 0 Å². The van der Waals surface area contributed by atoms with Gasteiger partial charge in [-0.2, -0.15) is 0 Å². The Balaban J connectivity index is 1.93. The molecule has 3 heteroatoms. The molecule has 0 spiro atoms. The molecule has 0 aromatic heterocycles. The van der Waals surface area contributed by atoms with Crippen LogP contribution >= 0.6 is 0 Å². The van der Waals surface area contributed by atoms with E-state index in [9.17, 15) is 0 Å². The third kappa shape index (κ3) is 2.83. The van der Waals surface area contributed by atoms with E-state index in [0.717, 1.165) is 32.7 Å². The van der Waals surface area contributed by atoms with E-state index in [4.69, 9.17) is 10.1 Å². The highest BCUT2D eigenvalue weighted by Gasteiger charge is 2.13. The molecular formula is C13H18N2O. The van der Waals surface area contributed by atoms with Gasteiger partial charge in [0.15, 0.2) is 0 Å². The van der Waals surface area contributed by atoms with Crippen LogP contribution in [0.2, 0.25) is 0 Å². The summed E-state index contributed by atoms with van der Waals surface area (Å²) in [5.74, 6) is 0.701. The number of morpholine rings is 1. The smallest absolute Gasteiger partial charge is 0.100 e. The maximum absolute atomic E-state index is 8.04. The molecule has 3 nitrogen and oxygen atoms in total. The summed E-state index contributed by atoms with van der Waals surface area (Å²) in [6.07, 6.45) is 0.722. The summed E-state index contributed by atoms with van der Waals surface area (Å²) >= 11 is 0. The molecule has 0 radical (unpaired) electrons. The molecule has 1 aromatic rings. The van der Waals surface area contributed by atoms with E-state index in [0.29, 0.717) is 5.84 Å². The normalized spacial score (nSPS) is 16.2. The van der Waals surface area contributed by atoms with Crippen LogP contribution in [0.1, 0.15) is 11.1 Å². The maximum Gasteiger partial charge on any atom is 0.100 e. The lowest BCUT2D eigenvalue weighted by molar-refractivity contribution is 0.0670. The van der Waals surface area contributed by atoms with Gasteiger partial charge in [-0.05, 0) is 12.5 Å².